The number of rotatable bonds is 3. The van der Waals surface area contributed by atoms with Crippen LogP contribution in [0.1, 0.15) is 19.8 Å². The summed E-state index contributed by atoms with van der Waals surface area (Å²) in [6.07, 6.45) is 3.46. The summed E-state index contributed by atoms with van der Waals surface area (Å²) >= 11 is 0. The predicted molar refractivity (Wildman–Crippen MR) is 46.8 cm³/mol. The lowest BCUT2D eigenvalue weighted by Crippen LogP contribution is -2.46. The summed E-state index contributed by atoms with van der Waals surface area (Å²) in [7, 11) is 0. The molecule has 1 atom stereocenters. The maximum atomic E-state index is 11.4. The molecule has 1 saturated heterocycles. The molecule has 0 radical (unpaired) electrons. The Morgan fingerprint density at radius 3 is 3.00 bits per heavy atom. The van der Waals surface area contributed by atoms with Gasteiger partial charge in [-0.1, -0.05) is 6.08 Å². The fourth-order valence-electron chi connectivity index (χ4n) is 1.46. The fourth-order valence-corrected chi connectivity index (χ4v) is 1.46. The SMILES string of the molecule is C=C[C@]1(C(=O)OCC)CCCN1. The highest BCUT2D eigenvalue weighted by molar-refractivity contribution is 5.83. The van der Waals surface area contributed by atoms with Gasteiger partial charge in [0.1, 0.15) is 5.54 Å². The third kappa shape index (κ3) is 1.50. The third-order valence-electron chi connectivity index (χ3n) is 2.18. The monoisotopic (exact) mass is 169 g/mol. The number of esters is 1. The maximum absolute atomic E-state index is 11.4. The standard InChI is InChI=1S/C9H15NO2/c1-3-9(6-5-7-10-9)8(11)12-4-2/h3,10H,1,4-7H2,2H3/t9-/m1/s1. The van der Waals surface area contributed by atoms with Crippen LogP contribution in [0.15, 0.2) is 12.7 Å². The number of carbonyl (C=O) groups excluding carboxylic acids is 1. The van der Waals surface area contributed by atoms with Crippen LogP contribution in [0.5, 0.6) is 0 Å². The molecule has 1 N–H and O–H groups in total. The van der Waals surface area contributed by atoms with Crippen molar-refractivity contribution in [3.8, 4) is 0 Å². The number of hydrogen-bond donors (Lipinski definition) is 1. The normalized spacial score (nSPS) is 28.4. The van der Waals surface area contributed by atoms with Gasteiger partial charge in [-0.15, -0.1) is 6.58 Å². The molecule has 0 aromatic heterocycles. The van der Waals surface area contributed by atoms with Gasteiger partial charge in [-0.05, 0) is 26.3 Å². The van der Waals surface area contributed by atoms with E-state index in [9.17, 15) is 4.79 Å². The smallest absolute Gasteiger partial charge is 0.330 e. The molecule has 68 valence electrons. The quantitative estimate of drug-likeness (QED) is 0.503. The van der Waals surface area contributed by atoms with Crippen LogP contribution >= 0.6 is 0 Å². The van der Waals surface area contributed by atoms with E-state index < -0.39 is 5.54 Å². The Hall–Kier alpha value is -0.830. The minimum atomic E-state index is -0.601. The maximum Gasteiger partial charge on any atom is 0.330 e. The lowest BCUT2D eigenvalue weighted by molar-refractivity contribution is -0.148. The fraction of sp³-hybridized carbons (Fsp3) is 0.667. The van der Waals surface area contributed by atoms with E-state index in [0.717, 1.165) is 19.4 Å². The molecule has 3 nitrogen and oxygen atoms in total. The van der Waals surface area contributed by atoms with Gasteiger partial charge in [-0.2, -0.15) is 0 Å². The molecule has 0 amide bonds. The van der Waals surface area contributed by atoms with E-state index >= 15 is 0 Å². The van der Waals surface area contributed by atoms with Crippen LogP contribution in [0.2, 0.25) is 0 Å². The molecule has 0 bridgehead atoms. The number of hydrogen-bond acceptors (Lipinski definition) is 3. The van der Waals surface area contributed by atoms with E-state index in [1.165, 1.54) is 0 Å². The first-order chi connectivity index (χ1) is 5.75. The third-order valence-corrected chi connectivity index (χ3v) is 2.18. The summed E-state index contributed by atoms with van der Waals surface area (Å²) in [6.45, 7) is 6.76. The summed E-state index contributed by atoms with van der Waals surface area (Å²) in [6, 6.07) is 0. The Balaban J connectivity index is 2.65. The number of nitrogens with one attached hydrogen (secondary N) is 1. The lowest BCUT2D eigenvalue weighted by Gasteiger charge is -2.22. The average Bonchev–Trinajstić information content (AvgIpc) is 2.54. The molecule has 0 aromatic carbocycles. The highest BCUT2D eigenvalue weighted by Crippen LogP contribution is 2.21. The second-order valence-corrected chi connectivity index (χ2v) is 2.93. The molecule has 1 fully saturated rings. The van der Waals surface area contributed by atoms with Crippen LogP contribution in [0, 0.1) is 0 Å². The van der Waals surface area contributed by atoms with Crippen molar-refractivity contribution in [2.45, 2.75) is 25.3 Å². The van der Waals surface area contributed by atoms with Crippen molar-refractivity contribution in [2.24, 2.45) is 0 Å². The number of carbonyl (C=O) groups is 1. The minimum Gasteiger partial charge on any atom is -0.464 e. The molecular formula is C9H15NO2. The molecule has 0 aromatic rings. The molecule has 0 unspecified atom stereocenters. The first-order valence-corrected chi connectivity index (χ1v) is 4.31. The Bertz CT molecular complexity index is 183. The van der Waals surface area contributed by atoms with Crippen molar-refractivity contribution >= 4 is 5.97 Å². The zero-order chi connectivity index (χ0) is 9.03. The topological polar surface area (TPSA) is 38.3 Å². The minimum absolute atomic E-state index is 0.197. The van der Waals surface area contributed by atoms with Crippen molar-refractivity contribution < 1.29 is 9.53 Å². The van der Waals surface area contributed by atoms with Crippen molar-refractivity contribution in [1.82, 2.24) is 5.32 Å². The Kier molecular flexibility index (Phi) is 2.87. The molecule has 1 aliphatic heterocycles. The van der Waals surface area contributed by atoms with Crippen LogP contribution in [0.4, 0.5) is 0 Å². The predicted octanol–water partition coefficient (Wildman–Crippen LogP) is 0.858. The molecule has 1 heterocycles. The average molecular weight is 169 g/mol. The van der Waals surface area contributed by atoms with Crippen LogP contribution in [0.3, 0.4) is 0 Å². The summed E-state index contributed by atoms with van der Waals surface area (Å²) in [5, 5.41) is 3.11. The van der Waals surface area contributed by atoms with Gasteiger partial charge in [-0.25, -0.2) is 4.79 Å². The Labute approximate surface area is 72.8 Å². The van der Waals surface area contributed by atoms with Gasteiger partial charge in [0, 0.05) is 0 Å². The summed E-state index contributed by atoms with van der Waals surface area (Å²) in [5.74, 6) is -0.197. The molecule has 0 aliphatic carbocycles. The van der Waals surface area contributed by atoms with Gasteiger partial charge in [0.15, 0.2) is 0 Å². The van der Waals surface area contributed by atoms with Gasteiger partial charge in [-0.3, -0.25) is 5.32 Å². The highest BCUT2D eigenvalue weighted by Gasteiger charge is 2.39. The van der Waals surface area contributed by atoms with Crippen molar-refractivity contribution in [3.05, 3.63) is 12.7 Å². The summed E-state index contributed by atoms with van der Waals surface area (Å²) in [5.41, 5.74) is -0.601. The lowest BCUT2D eigenvalue weighted by atomic mass is 9.98. The van der Waals surface area contributed by atoms with Gasteiger partial charge in [0.25, 0.3) is 0 Å². The first-order valence-electron chi connectivity index (χ1n) is 4.31. The van der Waals surface area contributed by atoms with E-state index in [1.54, 1.807) is 6.08 Å². The van der Waals surface area contributed by atoms with E-state index in [4.69, 9.17) is 4.74 Å². The van der Waals surface area contributed by atoms with E-state index in [1.807, 2.05) is 6.92 Å². The second-order valence-electron chi connectivity index (χ2n) is 2.93. The summed E-state index contributed by atoms with van der Waals surface area (Å²) < 4.78 is 4.95. The van der Waals surface area contributed by atoms with Crippen LogP contribution in [-0.2, 0) is 9.53 Å². The molecule has 1 aliphatic rings. The van der Waals surface area contributed by atoms with Crippen LogP contribution in [-0.4, -0.2) is 24.7 Å². The first kappa shape index (κ1) is 9.26. The van der Waals surface area contributed by atoms with Crippen molar-refractivity contribution in [1.29, 1.82) is 0 Å². The Morgan fingerprint density at radius 2 is 2.58 bits per heavy atom. The summed E-state index contributed by atoms with van der Waals surface area (Å²) in [4.78, 5) is 11.4. The molecule has 3 heteroatoms. The van der Waals surface area contributed by atoms with Crippen LogP contribution < -0.4 is 5.32 Å². The molecule has 12 heavy (non-hydrogen) atoms. The van der Waals surface area contributed by atoms with Crippen molar-refractivity contribution in [2.75, 3.05) is 13.2 Å². The second kappa shape index (κ2) is 3.72. The van der Waals surface area contributed by atoms with E-state index in [0.29, 0.717) is 6.61 Å². The number of ether oxygens (including phenoxy) is 1. The van der Waals surface area contributed by atoms with E-state index in [-0.39, 0.29) is 5.97 Å². The van der Waals surface area contributed by atoms with Gasteiger partial charge < -0.3 is 4.74 Å². The van der Waals surface area contributed by atoms with Crippen LogP contribution in [0.25, 0.3) is 0 Å². The zero-order valence-electron chi connectivity index (χ0n) is 7.43. The largest absolute Gasteiger partial charge is 0.464 e. The highest BCUT2D eigenvalue weighted by atomic mass is 16.5. The molecular weight excluding hydrogens is 154 g/mol. The van der Waals surface area contributed by atoms with E-state index in [2.05, 4.69) is 11.9 Å². The van der Waals surface area contributed by atoms with Gasteiger partial charge >= 0.3 is 5.97 Å². The Morgan fingerprint density at radius 1 is 1.83 bits per heavy atom. The zero-order valence-corrected chi connectivity index (χ0v) is 7.43. The van der Waals surface area contributed by atoms with Gasteiger partial charge in [0.2, 0.25) is 0 Å². The molecule has 0 saturated carbocycles. The molecule has 0 spiro atoms. The van der Waals surface area contributed by atoms with Gasteiger partial charge in [0.05, 0.1) is 6.61 Å². The molecule has 1 rings (SSSR count). The van der Waals surface area contributed by atoms with Crippen molar-refractivity contribution in [3.63, 3.8) is 0 Å².